The number of para-hydroxylation sites is 1. The van der Waals surface area contributed by atoms with Crippen molar-refractivity contribution in [2.24, 2.45) is 0 Å². The number of allylic oxidation sites excluding steroid dienone is 1. The van der Waals surface area contributed by atoms with Crippen molar-refractivity contribution in [3.8, 4) is 56.2 Å². The lowest BCUT2D eigenvalue weighted by atomic mass is 9.81. The summed E-state index contributed by atoms with van der Waals surface area (Å²) in [5.74, 6) is 0.00167. The van der Waals surface area contributed by atoms with Crippen LogP contribution in [-0.2, 0) is 5.41 Å². The van der Waals surface area contributed by atoms with Crippen molar-refractivity contribution in [3.63, 3.8) is 0 Å². The highest BCUT2D eigenvalue weighted by atomic mass is 16.3. The van der Waals surface area contributed by atoms with Gasteiger partial charge in [0.2, 0.25) is 22.8 Å². The topological polar surface area (TPSA) is 29.9 Å². The van der Waals surface area contributed by atoms with Crippen LogP contribution >= 0.6 is 0 Å². The Hall–Kier alpha value is -6.32. The van der Waals surface area contributed by atoms with E-state index < -0.39 is 0 Å². The summed E-state index contributed by atoms with van der Waals surface area (Å²) in [5.41, 5.74) is 13.0. The maximum Gasteiger partial charge on any atom is 0.219 e. The standard InChI is InChI=1S/C48H39N2O/c1-48(2)42-26-16-17-27-43(42)49(3)46(48)29-28-38-30-40(33-41(47(38)51)35-20-10-5-11-21-35)50-44(36-22-12-6-13-23-36)31-39(34-18-8-4-9-19-34)32-45(50)37-24-14-7-15-25-37/h4-33H,1-3H3/q+1. The van der Waals surface area contributed by atoms with Crippen molar-refractivity contribution < 1.29 is 14.2 Å². The first-order chi connectivity index (χ1) is 24.9. The van der Waals surface area contributed by atoms with Crippen molar-refractivity contribution in [3.05, 3.63) is 187 Å². The average Bonchev–Trinajstić information content (AvgIpc) is 3.38. The van der Waals surface area contributed by atoms with E-state index in [0.29, 0.717) is 11.1 Å². The normalized spacial score (nSPS) is 13.5. The van der Waals surface area contributed by atoms with E-state index in [1.54, 1.807) is 0 Å². The molecule has 0 atom stereocenters. The van der Waals surface area contributed by atoms with Gasteiger partial charge in [0, 0.05) is 53.1 Å². The zero-order chi connectivity index (χ0) is 35.0. The fraction of sp³-hybridized carbons (Fsp3) is 0.0833. The molecular weight excluding hydrogens is 621 g/mol. The van der Waals surface area contributed by atoms with Gasteiger partial charge in [-0.15, -0.1) is 0 Å². The minimum Gasteiger partial charge on any atom is -0.872 e. The number of benzene rings is 6. The minimum absolute atomic E-state index is 0.00167. The van der Waals surface area contributed by atoms with Gasteiger partial charge in [-0.2, -0.15) is 9.14 Å². The number of aromatic nitrogens is 1. The second kappa shape index (κ2) is 13.2. The van der Waals surface area contributed by atoms with E-state index in [9.17, 15) is 5.11 Å². The maximum absolute atomic E-state index is 14.5. The Kier molecular flexibility index (Phi) is 8.25. The molecule has 0 amide bonds. The molecule has 3 heteroatoms. The second-order valence-corrected chi connectivity index (χ2v) is 13.6. The number of rotatable bonds is 7. The van der Waals surface area contributed by atoms with Gasteiger partial charge >= 0.3 is 0 Å². The Labute approximate surface area is 300 Å². The molecule has 246 valence electrons. The fourth-order valence-corrected chi connectivity index (χ4v) is 7.50. The van der Waals surface area contributed by atoms with Crippen LogP contribution in [0.4, 0.5) is 5.69 Å². The molecule has 3 nitrogen and oxygen atoms in total. The van der Waals surface area contributed by atoms with Crippen LogP contribution in [0.1, 0.15) is 25.0 Å². The van der Waals surface area contributed by atoms with Crippen molar-refractivity contribution in [2.45, 2.75) is 19.3 Å². The van der Waals surface area contributed by atoms with E-state index in [-0.39, 0.29) is 11.2 Å². The molecule has 51 heavy (non-hydrogen) atoms. The van der Waals surface area contributed by atoms with Crippen LogP contribution in [0, 0.1) is 0 Å². The van der Waals surface area contributed by atoms with Gasteiger partial charge in [-0.25, -0.2) is 0 Å². The Balaban J connectivity index is 1.41. The molecule has 0 radical (unpaired) electrons. The molecule has 1 aromatic heterocycles. The van der Waals surface area contributed by atoms with Crippen LogP contribution < -0.4 is 9.67 Å². The summed E-state index contributed by atoms with van der Waals surface area (Å²) >= 11 is 0. The van der Waals surface area contributed by atoms with Crippen LogP contribution in [0.15, 0.2) is 176 Å². The summed E-state index contributed by atoms with van der Waals surface area (Å²) in [7, 11) is 2.11. The Bertz CT molecular complexity index is 2370. The molecule has 6 aromatic carbocycles. The molecule has 1 aliphatic rings. The third-order valence-electron chi connectivity index (χ3n) is 10.1. The Morgan fingerprint density at radius 3 is 1.55 bits per heavy atom. The van der Waals surface area contributed by atoms with E-state index in [0.717, 1.165) is 50.6 Å². The number of fused-ring (bicyclic) bond motifs is 1. The molecule has 0 saturated carbocycles. The summed E-state index contributed by atoms with van der Waals surface area (Å²) in [6, 6.07) is 58.8. The summed E-state index contributed by atoms with van der Waals surface area (Å²) < 4.78 is 4.56. The number of nitrogens with zero attached hydrogens (tertiary/aromatic N) is 2. The molecule has 0 fully saturated rings. The molecule has 0 bridgehead atoms. The molecule has 7 aromatic rings. The van der Waals surface area contributed by atoms with Gasteiger partial charge in [-0.1, -0.05) is 121 Å². The lowest BCUT2D eigenvalue weighted by Crippen LogP contribution is -2.36. The third-order valence-corrected chi connectivity index (χ3v) is 10.1. The quantitative estimate of drug-likeness (QED) is 0.157. The minimum atomic E-state index is -0.215. The van der Waals surface area contributed by atoms with Crippen molar-refractivity contribution in [1.82, 2.24) is 0 Å². The Morgan fingerprint density at radius 1 is 0.510 bits per heavy atom. The summed E-state index contributed by atoms with van der Waals surface area (Å²) in [5, 5.41) is 14.5. The SMILES string of the molecule is C[N+]1=C(/C=C\c2cc(-[n+]3c(-c4ccccc4)cc(-c4ccccc4)cc3-c3ccccc3)cc(-c3ccccc3)c2[O-])C(C)(C)c2ccccc21. The molecule has 0 N–H and O–H groups in total. The van der Waals surface area contributed by atoms with E-state index in [1.807, 2.05) is 48.5 Å². The van der Waals surface area contributed by atoms with Crippen LogP contribution in [0.5, 0.6) is 5.75 Å². The smallest absolute Gasteiger partial charge is 0.219 e. The lowest BCUT2D eigenvalue weighted by molar-refractivity contribution is -0.572. The van der Waals surface area contributed by atoms with Crippen molar-refractivity contribution in [2.75, 3.05) is 7.05 Å². The molecule has 0 saturated heterocycles. The van der Waals surface area contributed by atoms with Crippen molar-refractivity contribution in [1.29, 1.82) is 0 Å². The molecule has 0 unspecified atom stereocenters. The van der Waals surface area contributed by atoms with Gasteiger partial charge in [0.05, 0.1) is 5.41 Å². The van der Waals surface area contributed by atoms with E-state index in [2.05, 4.69) is 164 Å². The molecule has 0 spiro atoms. The molecule has 0 aliphatic carbocycles. The molecule has 1 aliphatic heterocycles. The number of hydrogen-bond acceptors (Lipinski definition) is 1. The largest absolute Gasteiger partial charge is 0.872 e. The highest BCUT2D eigenvalue weighted by molar-refractivity contribution is 6.05. The first kappa shape index (κ1) is 31.9. The second-order valence-electron chi connectivity index (χ2n) is 13.6. The van der Waals surface area contributed by atoms with E-state index in [1.165, 1.54) is 11.3 Å². The lowest BCUT2D eigenvalue weighted by Gasteiger charge is -2.20. The highest BCUT2D eigenvalue weighted by Gasteiger charge is 2.42. The third kappa shape index (κ3) is 5.87. The summed E-state index contributed by atoms with van der Waals surface area (Å²) in [6.07, 6.45) is 4.15. The van der Waals surface area contributed by atoms with Gasteiger partial charge in [-0.3, -0.25) is 0 Å². The van der Waals surface area contributed by atoms with Gasteiger partial charge < -0.3 is 5.11 Å². The van der Waals surface area contributed by atoms with Crippen molar-refractivity contribution >= 4 is 17.5 Å². The average molecular weight is 660 g/mol. The van der Waals surface area contributed by atoms with Crippen LogP contribution in [-0.4, -0.2) is 17.3 Å². The van der Waals surface area contributed by atoms with Crippen LogP contribution in [0.2, 0.25) is 0 Å². The van der Waals surface area contributed by atoms with E-state index >= 15 is 0 Å². The van der Waals surface area contributed by atoms with Gasteiger partial charge in [0.25, 0.3) is 0 Å². The maximum atomic E-state index is 14.5. The molecule has 2 heterocycles. The van der Waals surface area contributed by atoms with Gasteiger partial charge in [0.1, 0.15) is 7.05 Å². The number of hydrogen-bond donors (Lipinski definition) is 0. The monoisotopic (exact) mass is 659 g/mol. The summed E-state index contributed by atoms with van der Waals surface area (Å²) in [6.45, 7) is 4.50. The Morgan fingerprint density at radius 2 is 1.00 bits per heavy atom. The molecule has 8 rings (SSSR count). The van der Waals surface area contributed by atoms with Gasteiger partial charge in [-0.05, 0) is 72.0 Å². The summed E-state index contributed by atoms with van der Waals surface area (Å²) in [4.78, 5) is 0. The first-order valence-corrected chi connectivity index (χ1v) is 17.5. The zero-order valence-electron chi connectivity index (χ0n) is 29.1. The van der Waals surface area contributed by atoms with Crippen LogP contribution in [0.25, 0.3) is 56.5 Å². The molecular formula is C48H39N2O+. The first-order valence-electron chi connectivity index (χ1n) is 17.5. The van der Waals surface area contributed by atoms with Gasteiger partial charge in [0.15, 0.2) is 5.71 Å². The zero-order valence-corrected chi connectivity index (χ0v) is 29.1. The predicted molar refractivity (Wildman–Crippen MR) is 209 cm³/mol. The fourth-order valence-electron chi connectivity index (χ4n) is 7.50. The van der Waals surface area contributed by atoms with E-state index in [4.69, 9.17) is 0 Å². The van der Waals surface area contributed by atoms with Crippen LogP contribution in [0.3, 0.4) is 0 Å². The highest BCUT2D eigenvalue weighted by Crippen LogP contribution is 2.40. The number of pyridine rings is 1. The predicted octanol–water partition coefficient (Wildman–Crippen LogP) is 10.4.